The van der Waals surface area contributed by atoms with Crippen molar-refractivity contribution in [2.45, 2.75) is 12.1 Å². The Morgan fingerprint density at radius 3 is 3.05 bits per heavy atom. The fourth-order valence-electron chi connectivity index (χ4n) is 1.61. The number of benzene rings is 1. The Bertz CT molecular complexity index is 632. The summed E-state index contributed by atoms with van der Waals surface area (Å²) in [5, 5.41) is 20.4. The monoisotopic (exact) mass is 326 g/mol. The lowest BCUT2D eigenvalue weighted by molar-refractivity contribution is -0.118. The number of aryl methyl sites for hydroxylation is 1. The van der Waals surface area contributed by atoms with Gasteiger partial charge in [-0.25, -0.2) is 0 Å². The van der Waals surface area contributed by atoms with Crippen LogP contribution in [0.4, 0.5) is 0 Å². The average Bonchev–Trinajstić information content (AvgIpc) is 2.94. The molecule has 1 heterocycles. The summed E-state index contributed by atoms with van der Waals surface area (Å²) < 4.78 is 1.77. The third-order valence-corrected chi connectivity index (χ3v) is 4.07. The lowest BCUT2D eigenvalue weighted by Gasteiger charge is -2.08. The Morgan fingerprint density at radius 1 is 1.52 bits per heavy atom. The molecule has 2 aromatic rings. The summed E-state index contributed by atoms with van der Waals surface area (Å²) in [5.41, 5.74) is 1.83. The average molecular weight is 327 g/mol. The second-order valence-corrected chi connectivity index (χ2v) is 5.63. The summed E-state index contributed by atoms with van der Waals surface area (Å²) in [6.45, 7) is 2.10. The highest BCUT2D eigenvalue weighted by atomic mass is 35.5. The van der Waals surface area contributed by atoms with Crippen LogP contribution in [-0.4, -0.2) is 44.7 Å². The number of carbonyl (C=O) groups excluding carboxylic acids is 1. The summed E-state index contributed by atoms with van der Waals surface area (Å²) in [4.78, 5) is 11.5. The number of thioether (sulfide) groups is 1. The molecule has 0 bridgehead atoms. The molecule has 1 amide bonds. The first-order chi connectivity index (χ1) is 10.1. The van der Waals surface area contributed by atoms with Gasteiger partial charge in [0.25, 0.3) is 0 Å². The molecule has 0 saturated carbocycles. The van der Waals surface area contributed by atoms with E-state index in [1.54, 1.807) is 10.9 Å². The molecule has 8 heteroatoms. The largest absolute Gasteiger partial charge is 0.395 e. The maximum absolute atomic E-state index is 11.5. The van der Waals surface area contributed by atoms with E-state index in [9.17, 15) is 4.79 Å². The van der Waals surface area contributed by atoms with Gasteiger partial charge in [0, 0.05) is 11.6 Å². The highest BCUT2D eigenvalue weighted by Crippen LogP contribution is 2.23. The highest BCUT2D eigenvalue weighted by Gasteiger charge is 2.10. The molecule has 0 aliphatic heterocycles. The summed E-state index contributed by atoms with van der Waals surface area (Å²) >= 11 is 7.39. The maximum Gasteiger partial charge on any atom is 0.230 e. The number of nitrogens with one attached hydrogen (secondary N) is 1. The van der Waals surface area contributed by atoms with Crippen molar-refractivity contribution >= 4 is 29.3 Å². The lowest BCUT2D eigenvalue weighted by Crippen LogP contribution is -2.28. The molecule has 1 aromatic heterocycles. The zero-order valence-electron chi connectivity index (χ0n) is 11.4. The quantitative estimate of drug-likeness (QED) is 0.785. The van der Waals surface area contributed by atoms with Crippen molar-refractivity contribution in [3.05, 3.63) is 35.1 Å². The van der Waals surface area contributed by atoms with Crippen molar-refractivity contribution < 1.29 is 9.90 Å². The van der Waals surface area contributed by atoms with Gasteiger partial charge in [0.2, 0.25) is 5.91 Å². The smallest absolute Gasteiger partial charge is 0.230 e. The van der Waals surface area contributed by atoms with E-state index in [-0.39, 0.29) is 24.8 Å². The highest BCUT2D eigenvalue weighted by molar-refractivity contribution is 7.99. The Morgan fingerprint density at radius 2 is 2.33 bits per heavy atom. The third-order valence-electron chi connectivity index (χ3n) is 2.72. The molecule has 0 aliphatic carbocycles. The van der Waals surface area contributed by atoms with E-state index in [1.807, 2.05) is 25.1 Å². The van der Waals surface area contributed by atoms with Gasteiger partial charge in [-0.3, -0.25) is 9.36 Å². The molecule has 0 spiro atoms. The van der Waals surface area contributed by atoms with Gasteiger partial charge in [-0.15, -0.1) is 10.2 Å². The van der Waals surface area contributed by atoms with E-state index in [0.29, 0.717) is 10.2 Å². The van der Waals surface area contributed by atoms with Crippen LogP contribution in [0, 0.1) is 6.92 Å². The molecule has 0 fully saturated rings. The molecule has 0 atom stereocenters. The predicted molar refractivity (Wildman–Crippen MR) is 81.9 cm³/mol. The van der Waals surface area contributed by atoms with Crippen molar-refractivity contribution in [1.29, 1.82) is 0 Å². The van der Waals surface area contributed by atoms with E-state index in [4.69, 9.17) is 16.7 Å². The van der Waals surface area contributed by atoms with Crippen LogP contribution in [0.15, 0.2) is 29.7 Å². The second-order valence-electron chi connectivity index (χ2n) is 4.28. The van der Waals surface area contributed by atoms with Crippen LogP contribution < -0.4 is 5.32 Å². The van der Waals surface area contributed by atoms with Gasteiger partial charge in [-0.1, -0.05) is 29.4 Å². The number of halogens is 1. The van der Waals surface area contributed by atoms with E-state index < -0.39 is 0 Å². The van der Waals surface area contributed by atoms with Gasteiger partial charge >= 0.3 is 0 Å². The Hall–Kier alpha value is -1.57. The number of hydrogen-bond acceptors (Lipinski definition) is 5. The second kappa shape index (κ2) is 7.44. The normalized spacial score (nSPS) is 10.6. The van der Waals surface area contributed by atoms with Crippen LogP contribution in [0.1, 0.15) is 5.56 Å². The number of amides is 1. The van der Waals surface area contributed by atoms with Crippen LogP contribution in [-0.2, 0) is 4.79 Å². The molecule has 6 nitrogen and oxygen atoms in total. The predicted octanol–water partition coefficient (Wildman–Crippen LogP) is 1.43. The molecular formula is C13H15ClN4O2S. The molecule has 1 aromatic carbocycles. The van der Waals surface area contributed by atoms with Gasteiger partial charge in [-0.2, -0.15) is 0 Å². The van der Waals surface area contributed by atoms with Gasteiger partial charge in [0.05, 0.1) is 18.0 Å². The summed E-state index contributed by atoms with van der Waals surface area (Å²) in [5.74, 6) is 0.0451. The molecule has 0 aliphatic rings. The number of hydrogen-bond donors (Lipinski definition) is 2. The Labute approximate surface area is 131 Å². The SMILES string of the molecule is Cc1ccc(-n2cnnc2SCC(=O)NCCO)cc1Cl. The van der Waals surface area contributed by atoms with Crippen molar-refractivity contribution in [2.24, 2.45) is 0 Å². The van der Waals surface area contributed by atoms with E-state index in [0.717, 1.165) is 11.3 Å². The molecule has 2 N–H and O–H groups in total. The summed E-state index contributed by atoms with van der Waals surface area (Å²) in [6.07, 6.45) is 1.58. The van der Waals surface area contributed by atoms with Crippen molar-refractivity contribution in [3.63, 3.8) is 0 Å². The molecular weight excluding hydrogens is 312 g/mol. The van der Waals surface area contributed by atoms with Crippen LogP contribution in [0.3, 0.4) is 0 Å². The van der Waals surface area contributed by atoms with Gasteiger partial charge < -0.3 is 10.4 Å². The molecule has 0 saturated heterocycles. The minimum atomic E-state index is -0.162. The van der Waals surface area contributed by atoms with Crippen LogP contribution in [0.25, 0.3) is 5.69 Å². The molecule has 2 rings (SSSR count). The minimum Gasteiger partial charge on any atom is -0.395 e. The number of nitrogens with zero attached hydrogens (tertiary/aromatic N) is 3. The van der Waals surface area contributed by atoms with Crippen molar-refractivity contribution in [2.75, 3.05) is 18.9 Å². The number of aliphatic hydroxyl groups excluding tert-OH is 1. The van der Waals surface area contributed by atoms with Gasteiger partial charge in [-0.05, 0) is 24.6 Å². The van der Waals surface area contributed by atoms with Crippen LogP contribution in [0.2, 0.25) is 5.02 Å². The number of rotatable bonds is 6. The topological polar surface area (TPSA) is 80.0 Å². The maximum atomic E-state index is 11.5. The Balaban J connectivity index is 2.08. The van der Waals surface area contributed by atoms with Crippen LogP contribution >= 0.6 is 23.4 Å². The molecule has 0 unspecified atom stereocenters. The lowest BCUT2D eigenvalue weighted by atomic mass is 10.2. The van der Waals surface area contributed by atoms with Crippen LogP contribution in [0.5, 0.6) is 0 Å². The van der Waals surface area contributed by atoms with E-state index in [2.05, 4.69) is 15.5 Å². The first kappa shape index (κ1) is 15.8. The zero-order chi connectivity index (χ0) is 15.2. The standard InChI is InChI=1S/C13H15ClN4O2S/c1-9-2-3-10(6-11(9)14)18-8-16-17-13(18)21-7-12(20)15-4-5-19/h2-3,6,8,19H,4-5,7H2,1H3,(H,15,20). The molecule has 0 radical (unpaired) electrons. The van der Waals surface area contributed by atoms with E-state index >= 15 is 0 Å². The third kappa shape index (κ3) is 4.20. The molecule has 21 heavy (non-hydrogen) atoms. The van der Waals surface area contributed by atoms with Crippen molar-refractivity contribution in [1.82, 2.24) is 20.1 Å². The zero-order valence-corrected chi connectivity index (χ0v) is 13.0. The first-order valence-electron chi connectivity index (χ1n) is 6.28. The fraction of sp³-hybridized carbons (Fsp3) is 0.308. The number of carbonyl (C=O) groups is 1. The molecule has 112 valence electrons. The summed E-state index contributed by atoms with van der Waals surface area (Å²) in [7, 11) is 0. The first-order valence-corrected chi connectivity index (χ1v) is 7.65. The number of aliphatic hydroxyl groups is 1. The number of aromatic nitrogens is 3. The summed E-state index contributed by atoms with van der Waals surface area (Å²) in [6, 6.07) is 5.66. The van der Waals surface area contributed by atoms with Gasteiger partial charge in [0.15, 0.2) is 5.16 Å². The fourth-order valence-corrected chi connectivity index (χ4v) is 2.54. The Kier molecular flexibility index (Phi) is 5.60. The minimum absolute atomic E-state index is 0.0749. The van der Waals surface area contributed by atoms with Crippen molar-refractivity contribution in [3.8, 4) is 5.69 Å². The van der Waals surface area contributed by atoms with E-state index in [1.165, 1.54) is 11.8 Å². The van der Waals surface area contributed by atoms with Gasteiger partial charge in [0.1, 0.15) is 6.33 Å².